The van der Waals surface area contributed by atoms with E-state index in [1.165, 1.54) is 11.3 Å². The molecule has 0 aliphatic heterocycles. The number of rotatable bonds is 5. The van der Waals surface area contributed by atoms with E-state index in [0.29, 0.717) is 0 Å². The minimum absolute atomic E-state index is 0.866. The van der Waals surface area contributed by atoms with E-state index in [-0.39, 0.29) is 0 Å². The van der Waals surface area contributed by atoms with Crippen LogP contribution >= 0.6 is 0 Å². The number of fused-ring (bicyclic) bond motifs is 1. The van der Waals surface area contributed by atoms with Crippen molar-refractivity contribution in [2.75, 3.05) is 39.7 Å². The number of nitrogens with one attached hydrogen (secondary N) is 1. The van der Waals surface area contributed by atoms with Gasteiger partial charge in [-0.1, -0.05) is 0 Å². The third-order valence-corrected chi connectivity index (χ3v) is 3.54. The largest absolute Gasteiger partial charge is 0.497 e. The van der Waals surface area contributed by atoms with Crippen LogP contribution in [0.4, 0.5) is 5.69 Å². The molecule has 4 nitrogen and oxygen atoms in total. The van der Waals surface area contributed by atoms with E-state index in [1.54, 1.807) is 7.11 Å². The Labute approximate surface area is 120 Å². The summed E-state index contributed by atoms with van der Waals surface area (Å²) in [5.41, 5.74) is 4.65. The fourth-order valence-electron chi connectivity index (χ4n) is 2.57. The highest BCUT2D eigenvalue weighted by Gasteiger charge is 2.14. The first-order chi connectivity index (χ1) is 9.58. The van der Waals surface area contributed by atoms with Gasteiger partial charge in [-0.3, -0.25) is 4.98 Å². The number of aromatic nitrogens is 1. The lowest BCUT2D eigenvalue weighted by atomic mass is 10.0. The maximum absolute atomic E-state index is 5.35. The van der Waals surface area contributed by atoms with Crippen LogP contribution in [-0.4, -0.2) is 39.8 Å². The fourth-order valence-corrected chi connectivity index (χ4v) is 2.57. The highest BCUT2D eigenvalue weighted by Crippen LogP contribution is 2.33. The van der Waals surface area contributed by atoms with E-state index >= 15 is 0 Å². The number of benzene rings is 1. The molecule has 1 aromatic heterocycles. The zero-order valence-electron chi connectivity index (χ0n) is 12.9. The van der Waals surface area contributed by atoms with E-state index in [4.69, 9.17) is 9.72 Å². The molecule has 2 aromatic rings. The average molecular weight is 273 g/mol. The Kier molecular flexibility index (Phi) is 4.45. The van der Waals surface area contributed by atoms with Crippen LogP contribution in [0.1, 0.15) is 11.3 Å². The van der Waals surface area contributed by atoms with Crippen molar-refractivity contribution in [3.8, 4) is 5.75 Å². The SMILES string of the molecule is CNCCc1c(C)nc2ccc(OC)cc2c1N(C)C. The molecule has 0 saturated heterocycles. The standard InChI is InChI=1S/C16H23N3O/c1-11-13(8-9-17-2)16(19(3)4)14-10-12(20-5)6-7-15(14)18-11/h6-7,10,17H,8-9H2,1-5H3. The summed E-state index contributed by atoms with van der Waals surface area (Å²) < 4.78 is 5.35. The summed E-state index contributed by atoms with van der Waals surface area (Å²) in [6.45, 7) is 3.03. The summed E-state index contributed by atoms with van der Waals surface area (Å²) in [6.07, 6.45) is 0.968. The Hall–Kier alpha value is -1.81. The predicted molar refractivity (Wildman–Crippen MR) is 85.0 cm³/mol. The number of anilines is 1. The number of ether oxygens (including phenoxy) is 1. The summed E-state index contributed by atoms with van der Waals surface area (Å²) in [6, 6.07) is 6.05. The smallest absolute Gasteiger partial charge is 0.119 e. The third-order valence-electron chi connectivity index (χ3n) is 3.54. The first-order valence-corrected chi connectivity index (χ1v) is 6.87. The molecule has 0 spiro atoms. The summed E-state index contributed by atoms with van der Waals surface area (Å²) in [7, 11) is 7.83. The molecule has 0 atom stereocenters. The molecule has 0 aliphatic carbocycles. The predicted octanol–water partition coefficient (Wildman–Crippen LogP) is 2.38. The lowest BCUT2D eigenvalue weighted by Gasteiger charge is -2.22. The molecule has 0 unspecified atom stereocenters. The Bertz CT molecular complexity index is 608. The number of pyridine rings is 1. The molecule has 20 heavy (non-hydrogen) atoms. The number of likely N-dealkylation sites (N-methyl/N-ethyl adjacent to an activating group) is 1. The number of aryl methyl sites for hydroxylation is 1. The fraction of sp³-hybridized carbons (Fsp3) is 0.438. The molecule has 2 rings (SSSR count). The Balaban J connectivity index is 2.70. The van der Waals surface area contributed by atoms with Gasteiger partial charge in [0.2, 0.25) is 0 Å². The molecule has 0 radical (unpaired) electrons. The molecule has 0 fully saturated rings. The van der Waals surface area contributed by atoms with Crippen LogP contribution < -0.4 is 15.0 Å². The summed E-state index contributed by atoms with van der Waals surface area (Å²) in [4.78, 5) is 6.91. The van der Waals surface area contributed by atoms with Crippen LogP contribution in [0.25, 0.3) is 10.9 Å². The molecule has 1 aromatic carbocycles. The van der Waals surface area contributed by atoms with Crippen molar-refractivity contribution in [3.05, 3.63) is 29.5 Å². The summed E-state index contributed by atoms with van der Waals surface area (Å²) in [5.74, 6) is 0.866. The van der Waals surface area contributed by atoms with Crippen LogP contribution in [-0.2, 0) is 6.42 Å². The number of nitrogens with zero attached hydrogens (tertiary/aromatic N) is 2. The van der Waals surface area contributed by atoms with Crippen molar-refractivity contribution in [1.82, 2.24) is 10.3 Å². The number of hydrogen-bond donors (Lipinski definition) is 1. The third kappa shape index (κ3) is 2.70. The van der Waals surface area contributed by atoms with Crippen LogP contribution in [0.15, 0.2) is 18.2 Å². The molecule has 1 heterocycles. The van der Waals surface area contributed by atoms with Crippen LogP contribution in [0.5, 0.6) is 5.75 Å². The molecule has 1 N–H and O–H groups in total. The molecular weight excluding hydrogens is 250 g/mol. The Morgan fingerprint density at radius 2 is 2.05 bits per heavy atom. The van der Waals surface area contributed by atoms with Crippen molar-refractivity contribution < 1.29 is 4.74 Å². The molecule has 0 aliphatic rings. The molecule has 0 amide bonds. The second-order valence-corrected chi connectivity index (χ2v) is 5.16. The van der Waals surface area contributed by atoms with Gasteiger partial charge in [-0.25, -0.2) is 0 Å². The van der Waals surface area contributed by atoms with Gasteiger partial charge >= 0.3 is 0 Å². The average Bonchev–Trinajstić information content (AvgIpc) is 2.43. The molecule has 0 saturated carbocycles. The quantitative estimate of drug-likeness (QED) is 0.907. The Morgan fingerprint density at radius 3 is 2.65 bits per heavy atom. The normalized spacial score (nSPS) is 10.8. The first kappa shape index (κ1) is 14.6. The van der Waals surface area contributed by atoms with Crippen LogP contribution in [0.3, 0.4) is 0 Å². The van der Waals surface area contributed by atoms with Crippen LogP contribution in [0.2, 0.25) is 0 Å². The lowest BCUT2D eigenvalue weighted by Crippen LogP contribution is -2.17. The lowest BCUT2D eigenvalue weighted by molar-refractivity contribution is 0.415. The number of hydrogen-bond acceptors (Lipinski definition) is 4. The van der Waals surface area contributed by atoms with Gasteiger partial charge in [0.05, 0.1) is 18.3 Å². The molecule has 0 bridgehead atoms. The highest BCUT2D eigenvalue weighted by molar-refractivity contribution is 5.94. The van der Waals surface area contributed by atoms with Crippen molar-refractivity contribution in [1.29, 1.82) is 0 Å². The van der Waals surface area contributed by atoms with Crippen LogP contribution in [0, 0.1) is 6.92 Å². The molecule has 4 heteroatoms. The van der Waals surface area contributed by atoms with E-state index in [1.807, 2.05) is 19.2 Å². The maximum Gasteiger partial charge on any atom is 0.119 e. The van der Waals surface area contributed by atoms with Gasteiger partial charge in [0.1, 0.15) is 5.75 Å². The zero-order chi connectivity index (χ0) is 14.7. The van der Waals surface area contributed by atoms with Gasteiger partial charge in [0.15, 0.2) is 0 Å². The monoisotopic (exact) mass is 273 g/mol. The van der Waals surface area contributed by atoms with Crippen molar-refractivity contribution in [2.24, 2.45) is 0 Å². The minimum atomic E-state index is 0.866. The van der Waals surface area contributed by atoms with Gasteiger partial charge in [0, 0.05) is 25.2 Å². The van der Waals surface area contributed by atoms with Crippen molar-refractivity contribution in [2.45, 2.75) is 13.3 Å². The van der Waals surface area contributed by atoms with Gasteiger partial charge in [-0.15, -0.1) is 0 Å². The minimum Gasteiger partial charge on any atom is -0.497 e. The summed E-state index contributed by atoms with van der Waals surface area (Å²) >= 11 is 0. The van der Waals surface area contributed by atoms with Gasteiger partial charge < -0.3 is 15.0 Å². The highest BCUT2D eigenvalue weighted by atomic mass is 16.5. The van der Waals surface area contributed by atoms with Gasteiger partial charge in [0.25, 0.3) is 0 Å². The van der Waals surface area contributed by atoms with Crippen molar-refractivity contribution in [3.63, 3.8) is 0 Å². The molecular formula is C16H23N3O. The second-order valence-electron chi connectivity index (χ2n) is 5.16. The maximum atomic E-state index is 5.35. The zero-order valence-corrected chi connectivity index (χ0v) is 12.9. The van der Waals surface area contributed by atoms with Gasteiger partial charge in [-0.05, 0) is 50.7 Å². The second kappa shape index (κ2) is 6.09. The van der Waals surface area contributed by atoms with E-state index in [9.17, 15) is 0 Å². The summed E-state index contributed by atoms with van der Waals surface area (Å²) in [5, 5.41) is 4.35. The van der Waals surface area contributed by atoms with Crippen molar-refractivity contribution >= 4 is 16.6 Å². The first-order valence-electron chi connectivity index (χ1n) is 6.87. The van der Waals surface area contributed by atoms with E-state index in [0.717, 1.165) is 35.3 Å². The van der Waals surface area contributed by atoms with E-state index < -0.39 is 0 Å². The van der Waals surface area contributed by atoms with Gasteiger partial charge in [-0.2, -0.15) is 0 Å². The number of methoxy groups -OCH3 is 1. The topological polar surface area (TPSA) is 37.4 Å². The Morgan fingerprint density at radius 1 is 1.30 bits per heavy atom. The van der Waals surface area contributed by atoms with E-state index in [2.05, 4.69) is 37.3 Å². The molecule has 108 valence electrons.